The van der Waals surface area contributed by atoms with Crippen LogP contribution in [-0.2, 0) is 10.2 Å². The second kappa shape index (κ2) is 6.61. The quantitative estimate of drug-likeness (QED) is 0.873. The first kappa shape index (κ1) is 14.6. The Morgan fingerprint density at radius 1 is 1.24 bits per heavy atom. The largest absolute Gasteiger partial charge is 0.355 e. The van der Waals surface area contributed by atoms with E-state index in [1.807, 2.05) is 18.2 Å². The Bertz CT molecular complexity index is 459. The van der Waals surface area contributed by atoms with E-state index in [4.69, 9.17) is 0 Å². The lowest BCUT2D eigenvalue weighted by Crippen LogP contribution is -2.43. The highest BCUT2D eigenvalue weighted by molar-refractivity contribution is 5.88. The predicted octanol–water partition coefficient (Wildman–Crippen LogP) is 2.61. The van der Waals surface area contributed by atoms with Gasteiger partial charge in [0.1, 0.15) is 0 Å². The van der Waals surface area contributed by atoms with Gasteiger partial charge in [0, 0.05) is 6.54 Å². The zero-order chi connectivity index (χ0) is 14.5. The molecule has 0 bridgehead atoms. The van der Waals surface area contributed by atoms with Crippen LogP contribution < -0.4 is 10.6 Å². The Kier molecular flexibility index (Phi) is 4.59. The van der Waals surface area contributed by atoms with Crippen LogP contribution in [0.2, 0.25) is 0 Å². The molecule has 1 aromatic carbocycles. The van der Waals surface area contributed by atoms with Crippen LogP contribution in [0.5, 0.6) is 0 Å². The van der Waals surface area contributed by atoms with Crippen LogP contribution in [0.4, 0.5) is 0 Å². The molecule has 2 N–H and O–H groups in total. The zero-order valence-electron chi connectivity index (χ0n) is 12.7. The molecule has 3 nitrogen and oxygen atoms in total. The standard InChI is InChI=1S/C18H26N2O/c21-17(20-13-9-15-8-12-19-14-15)18(10-4-5-11-18)16-6-2-1-3-7-16/h1-3,6-7,15,19H,4-5,8-14H2,(H,20,21). The van der Waals surface area contributed by atoms with Gasteiger partial charge in [0.25, 0.3) is 0 Å². The van der Waals surface area contributed by atoms with Gasteiger partial charge in [-0.25, -0.2) is 0 Å². The number of hydrogen-bond acceptors (Lipinski definition) is 2. The van der Waals surface area contributed by atoms with Crippen molar-refractivity contribution in [3.8, 4) is 0 Å². The minimum absolute atomic E-state index is 0.247. The lowest BCUT2D eigenvalue weighted by Gasteiger charge is -2.28. The Morgan fingerprint density at radius 2 is 2.00 bits per heavy atom. The summed E-state index contributed by atoms with van der Waals surface area (Å²) in [5, 5.41) is 6.61. The molecule has 1 aliphatic heterocycles. The molecule has 1 saturated carbocycles. The minimum atomic E-state index is -0.269. The fourth-order valence-corrected chi connectivity index (χ4v) is 3.90. The molecule has 1 atom stereocenters. The number of hydrogen-bond donors (Lipinski definition) is 2. The fourth-order valence-electron chi connectivity index (χ4n) is 3.90. The van der Waals surface area contributed by atoms with Crippen molar-refractivity contribution in [2.45, 2.75) is 43.9 Å². The van der Waals surface area contributed by atoms with Gasteiger partial charge in [-0.3, -0.25) is 4.79 Å². The smallest absolute Gasteiger partial charge is 0.230 e. The molecule has 2 fully saturated rings. The Hall–Kier alpha value is -1.35. The maximum atomic E-state index is 12.8. The molecule has 3 rings (SSSR count). The summed E-state index contributed by atoms with van der Waals surface area (Å²) in [5.74, 6) is 0.985. The van der Waals surface area contributed by atoms with Crippen LogP contribution in [0.15, 0.2) is 30.3 Å². The highest BCUT2D eigenvalue weighted by Gasteiger charge is 2.42. The first-order valence-electron chi connectivity index (χ1n) is 8.36. The molecule has 0 radical (unpaired) electrons. The van der Waals surface area contributed by atoms with E-state index in [2.05, 4.69) is 22.8 Å². The summed E-state index contributed by atoms with van der Waals surface area (Å²) in [6.07, 6.45) is 6.66. The second-order valence-electron chi connectivity index (χ2n) is 6.56. The van der Waals surface area contributed by atoms with Gasteiger partial charge in [-0.05, 0) is 50.3 Å². The monoisotopic (exact) mass is 286 g/mol. The fraction of sp³-hybridized carbons (Fsp3) is 0.611. The molecule has 1 aromatic rings. The number of carbonyl (C=O) groups excluding carboxylic acids is 1. The molecule has 1 saturated heterocycles. The van der Waals surface area contributed by atoms with E-state index in [1.165, 1.54) is 12.0 Å². The summed E-state index contributed by atoms with van der Waals surface area (Å²) in [5.41, 5.74) is 0.928. The molecular weight excluding hydrogens is 260 g/mol. The van der Waals surface area contributed by atoms with E-state index in [0.29, 0.717) is 0 Å². The third kappa shape index (κ3) is 3.13. The van der Waals surface area contributed by atoms with Gasteiger partial charge in [0.15, 0.2) is 0 Å². The van der Waals surface area contributed by atoms with Crippen LogP contribution in [0, 0.1) is 5.92 Å². The topological polar surface area (TPSA) is 41.1 Å². The zero-order valence-corrected chi connectivity index (χ0v) is 12.7. The van der Waals surface area contributed by atoms with Crippen molar-refractivity contribution in [1.82, 2.24) is 10.6 Å². The van der Waals surface area contributed by atoms with Gasteiger partial charge in [0.2, 0.25) is 5.91 Å². The third-order valence-corrected chi connectivity index (χ3v) is 5.22. The van der Waals surface area contributed by atoms with Crippen molar-refractivity contribution < 1.29 is 4.79 Å². The summed E-state index contributed by atoms with van der Waals surface area (Å²) < 4.78 is 0. The van der Waals surface area contributed by atoms with E-state index in [-0.39, 0.29) is 11.3 Å². The average molecular weight is 286 g/mol. The highest BCUT2D eigenvalue weighted by Crippen LogP contribution is 2.41. The van der Waals surface area contributed by atoms with Crippen LogP contribution in [0.1, 0.15) is 44.1 Å². The lowest BCUT2D eigenvalue weighted by molar-refractivity contribution is -0.126. The average Bonchev–Trinajstić information content (AvgIpc) is 3.20. The van der Waals surface area contributed by atoms with E-state index in [1.54, 1.807) is 0 Å². The molecule has 1 unspecified atom stereocenters. The number of benzene rings is 1. The lowest BCUT2D eigenvalue weighted by atomic mass is 9.78. The molecule has 114 valence electrons. The van der Waals surface area contributed by atoms with Gasteiger partial charge < -0.3 is 10.6 Å². The van der Waals surface area contributed by atoms with E-state index in [0.717, 1.165) is 57.7 Å². The predicted molar refractivity (Wildman–Crippen MR) is 85.2 cm³/mol. The van der Waals surface area contributed by atoms with Crippen LogP contribution in [-0.4, -0.2) is 25.5 Å². The molecule has 1 heterocycles. The molecule has 0 spiro atoms. The third-order valence-electron chi connectivity index (χ3n) is 5.22. The molecule has 21 heavy (non-hydrogen) atoms. The van der Waals surface area contributed by atoms with Crippen molar-refractivity contribution in [3.63, 3.8) is 0 Å². The SMILES string of the molecule is O=C(NCCC1CCNC1)C1(c2ccccc2)CCCC1. The Labute approximate surface area is 127 Å². The maximum absolute atomic E-state index is 12.8. The normalized spacial score (nSPS) is 24.1. The van der Waals surface area contributed by atoms with Gasteiger partial charge in [-0.15, -0.1) is 0 Å². The molecule has 0 aromatic heterocycles. The van der Waals surface area contributed by atoms with Crippen molar-refractivity contribution in [2.75, 3.05) is 19.6 Å². The summed E-state index contributed by atoms with van der Waals surface area (Å²) in [6, 6.07) is 10.4. The van der Waals surface area contributed by atoms with E-state index >= 15 is 0 Å². The molecule has 1 amide bonds. The minimum Gasteiger partial charge on any atom is -0.355 e. The van der Waals surface area contributed by atoms with Crippen molar-refractivity contribution in [2.24, 2.45) is 5.92 Å². The Balaban J connectivity index is 1.62. The Morgan fingerprint density at radius 3 is 2.67 bits per heavy atom. The first-order valence-corrected chi connectivity index (χ1v) is 8.36. The number of rotatable bonds is 5. The second-order valence-corrected chi connectivity index (χ2v) is 6.56. The van der Waals surface area contributed by atoms with Crippen molar-refractivity contribution in [1.29, 1.82) is 0 Å². The van der Waals surface area contributed by atoms with Crippen LogP contribution in [0.25, 0.3) is 0 Å². The van der Waals surface area contributed by atoms with Crippen molar-refractivity contribution in [3.05, 3.63) is 35.9 Å². The van der Waals surface area contributed by atoms with E-state index < -0.39 is 0 Å². The summed E-state index contributed by atoms with van der Waals surface area (Å²) in [7, 11) is 0. The van der Waals surface area contributed by atoms with Crippen LogP contribution in [0.3, 0.4) is 0 Å². The molecule has 1 aliphatic carbocycles. The summed E-state index contributed by atoms with van der Waals surface area (Å²) >= 11 is 0. The van der Waals surface area contributed by atoms with Crippen molar-refractivity contribution >= 4 is 5.91 Å². The highest BCUT2D eigenvalue weighted by atomic mass is 16.2. The van der Waals surface area contributed by atoms with Gasteiger partial charge >= 0.3 is 0 Å². The molecule has 3 heteroatoms. The summed E-state index contributed by atoms with van der Waals surface area (Å²) in [6.45, 7) is 3.06. The first-order chi connectivity index (χ1) is 10.3. The maximum Gasteiger partial charge on any atom is 0.230 e. The number of carbonyl (C=O) groups is 1. The molecule has 2 aliphatic rings. The van der Waals surface area contributed by atoms with Gasteiger partial charge in [0.05, 0.1) is 5.41 Å². The molecular formula is C18H26N2O. The number of amides is 1. The van der Waals surface area contributed by atoms with E-state index in [9.17, 15) is 4.79 Å². The van der Waals surface area contributed by atoms with Crippen LogP contribution >= 0.6 is 0 Å². The van der Waals surface area contributed by atoms with Gasteiger partial charge in [-0.1, -0.05) is 43.2 Å². The number of nitrogens with one attached hydrogen (secondary N) is 2. The summed E-state index contributed by atoms with van der Waals surface area (Å²) in [4.78, 5) is 12.8. The van der Waals surface area contributed by atoms with Gasteiger partial charge in [-0.2, -0.15) is 0 Å².